The quantitative estimate of drug-likeness (QED) is 0.858. The van der Waals surface area contributed by atoms with Crippen molar-refractivity contribution < 1.29 is 4.79 Å². The Morgan fingerprint density at radius 1 is 1.22 bits per heavy atom. The van der Waals surface area contributed by atoms with Crippen molar-refractivity contribution in [3.8, 4) is 0 Å². The SMILES string of the molecule is Cc1cc(C)c(CNC(=O)C(C)C(C)N)c(C)c1. The van der Waals surface area contributed by atoms with Gasteiger partial charge >= 0.3 is 0 Å². The average molecular weight is 248 g/mol. The average Bonchev–Trinajstić information content (AvgIpc) is 2.25. The minimum absolute atomic E-state index is 0.0179. The second kappa shape index (κ2) is 6.01. The lowest BCUT2D eigenvalue weighted by Crippen LogP contribution is -2.38. The van der Waals surface area contributed by atoms with Crippen LogP contribution in [0.3, 0.4) is 0 Å². The van der Waals surface area contributed by atoms with Gasteiger partial charge in [0.2, 0.25) is 5.91 Å². The molecule has 2 unspecified atom stereocenters. The molecule has 0 saturated carbocycles. The summed E-state index contributed by atoms with van der Waals surface area (Å²) in [6, 6.07) is 4.16. The first kappa shape index (κ1) is 14.7. The molecule has 1 amide bonds. The Labute approximate surface area is 110 Å². The van der Waals surface area contributed by atoms with Gasteiger partial charge in [0.15, 0.2) is 0 Å². The lowest BCUT2D eigenvalue weighted by molar-refractivity contribution is -0.125. The second-order valence-electron chi connectivity index (χ2n) is 5.24. The summed E-state index contributed by atoms with van der Waals surface area (Å²) in [4.78, 5) is 11.9. The first-order valence-corrected chi connectivity index (χ1v) is 6.43. The van der Waals surface area contributed by atoms with Gasteiger partial charge in [-0.2, -0.15) is 0 Å². The smallest absolute Gasteiger partial charge is 0.224 e. The first-order valence-electron chi connectivity index (χ1n) is 6.43. The summed E-state index contributed by atoms with van der Waals surface area (Å²) < 4.78 is 0. The van der Waals surface area contributed by atoms with Crippen LogP contribution in [0.5, 0.6) is 0 Å². The number of amides is 1. The fourth-order valence-corrected chi connectivity index (χ4v) is 2.06. The number of benzene rings is 1. The summed E-state index contributed by atoms with van der Waals surface area (Å²) in [5.41, 5.74) is 10.6. The third-order valence-electron chi connectivity index (χ3n) is 3.48. The van der Waals surface area contributed by atoms with E-state index in [1.807, 2.05) is 13.8 Å². The zero-order chi connectivity index (χ0) is 13.9. The van der Waals surface area contributed by atoms with Crippen molar-refractivity contribution in [2.45, 2.75) is 47.2 Å². The maximum Gasteiger partial charge on any atom is 0.224 e. The number of aryl methyl sites for hydroxylation is 3. The summed E-state index contributed by atoms with van der Waals surface area (Å²) in [7, 11) is 0. The molecule has 0 fully saturated rings. The Bertz CT molecular complexity index is 415. The van der Waals surface area contributed by atoms with Crippen LogP contribution < -0.4 is 11.1 Å². The van der Waals surface area contributed by atoms with Gasteiger partial charge in [-0.1, -0.05) is 24.6 Å². The lowest BCUT2D eigenvalue weighted by Gasteiger charge is -2.17. The van der Waals surface area contributed by atoms with Crippen LogP contribution in [-0.4, -0.2) is 11.9 Å². The topological polar surface area (TPSA) is 55.1 Å². The largest absolute Gasteiger partial charge is 0.352 e. The predicted molar refractivity (Wildman–Crippen MR) is 75.3 cm³/mol. The van der Waals surface area contributed by atoms with Crippen molar-refractivity contribution in [2.24, 2.45) is 11.7 Å². The molecular formula is C15H24N2O. The molecule has 0 aliphatic rings. The summed E-state index contributed by atoms with van der Waals surface area (Å²) in [6.07, 6.45) is 0. The molecule has 18 heavy (non-hydrogen) atoms. The molecule has 1 aromatic carbocycles. The van der Waals surface area contributed by atoms with E-state index >= 15 is 0 Å². The summed E-state index contributed by atoms with van der Waals surface area (Å²) >= 11 is 0. The maximum absolute atomic E-state index is 11.9. The molecule has 3 N–H and O–H groups in total. The predicted octanol–water partition coefficient (Wildman–Crippen LogP) is 2.21. The Kier molecular flexibility index (Phi) is 4.91. The van der Waals surface area contributed by atoms with Crippen molar-refractivity contribution in [2.75, 3.05) is 0 Å². The lowest BCUT2D eigenvalue weighted by atomic mass is 9.99. The molecule has 3 heteroatoms. The third kappa shape index (κ3) is 3.57. The second-order valence-corrected chi connectivity index (χ2v) is 5.24. The molecule has 2 atom stereocenters. The third-order valence-corrected chi connectivity index (χ3v) is 3.48. The van der Waals surface area contributed by atoms with Crippen LogP contribution in [0.25, 0.3) is 0 Å². The number of hydrogen-bond donors (Lipinski definition) is 2. The van der Waals surface area contributed by atoms with Crippen LogP contribution in [0.15, 0.2) is 12.1 Å². The molecule has 0 spiro atoms. The van der Waals surface area contributed by atoms with Gasteiger partial charge in [-0.05, 0) is 44.4 Å². The van der Waals surface area contributed by atoms with E-state index < -0.39 is 0 Å². The number of nitrogens with one attached hydrogen (secondary N) is 1. The van der Waals surface area contributed by atoms with Crippen molar-refractivity contribution >= 4 is 5.91 Å². The van der Waals surface area contributed by atoms with Gasteiger partial charge in [-0.25, -0.2) is 0 Å². The zero-order valence-corrected chi connectivity index (χ0v) is 12.0. The van der Waals surface area contributed by atoms with Crippen molar-refractivity contribution in [3.05, 3.63) is 34.4 Å². The van der Waals surface area contributed by atoms with E-state index in [1.54, 1.807) is 0 Å². The van der Waals surface area contributed by atoms with E-state index in [9.17, 15) is 4.79 Å². The maximum atomic E-state index is 11.9. The fraction of sp³-hybridized carbons (Fsp3) is 0.533. The van der Waals surface area contributed by atoms with Gasteiger partial charge in [0.05, 0.1) is 0 Å². The molecule has 1 aromatic rings. The molecule has 0 aliphatic carbocycles. The molecule has 0 aliphatic heterocycles. The van der Waals surface area contributed by atoms with Crippen LogP contribution in [-0.2, 0) is 11.3 Å². The van der Waals surface area contributed by atoms with Crippen LogP contribution >= 0.6 is 0 Å². The van der Waals surface area contributed by atoms with Crippen LogP contribution in [0.4, 0.5) is 0 Å². The number of carbonyl (C=O) groups is 1. The minimum Gasteiger partial charge on any atom is -0.352 e. The zero-order valence-electron chi connectivity index (χ0n) is 12.0. The molecule has 100 valence electrons. The van der Waals surface area contributed by atoms with E-state index in [2.05, 4.69) is 38.2 Å². The van der Waals surface area contributed by atoms with Gasteiger partial charge in [-0.15, -0.1) is 0 Å². The van der Waals surface area contributed by atoms with E-state index in [1.165, 1.54) is 22.3 Å². The Balaban J connectivity index is 2.73. The molecule has 0 aromatic heterocycles. The van der Waals surface area contributed by atoms with Gasteiger partial charge in [0, 0.05) is 18.5 Å². The van der Waals surface area contributed by atoms with E-state index in [4.69, 9.17) is 5.73 Å². The molecule has 0 radical (unpaired) electrons. The Hall–Kier alpha value is -1.35. The van der Waals surface area contributed by atoms with Crippen LogP contribution in [0.2, 0.25) is 0 Å². The molecule has 0 saturated heterocycles. The molecule has 3 nitrogen and oxygen atoms in total. The standard InChI is InChI=1S/C15H24N2O/c1-9-6-10(2)14(11(3)7-9)8-17-15(18)12(4)13(5)16/h6-7,12-13H,8,16H2,1-5H3,(H,17,18). The van der Waals surface area contributed by atoms with Crippen molar-refractivity contribution in [3.63, 3.8) is 0 Å². The summed E-state index contributed by atoms with van der Waals surface area (Å²) in [5, 5.41) is 2.96. The Morgan fingerprint density at radius 3 is 2.17 bits per heavy atom. The van der Waals surface area contributed by atoms with Gasteiger partial charge in [0.1, 0.15) is 0 Å². The normalized spacial score (nSPS) is 14.1. The number of rotatable bonds is 4. The summed E-state index contributed by atoms with van der Waals surface area (Å²) in [6.45, 7) is 10.5. The first-order chi connectivity index (χ1) is 8.32. The fourth-order valence-electron chi connectivity index (χ4n) is 2.06. The number of carbonyl (C=O) groups excluding carboxylic acids is 1. The van der Waals surface area contributed by atoms with Crippen LogP contribution in [0, 0.1) is 26.7 Å². The summed E-state index contributed by atoms with van der Waals surface area (Å²) in [5.74, 6) is -0.138. The highest BCUT2D eigenvalue weighted by molar-refractivity contribution is 5.79. The monoisotopic (exact) mass is 248 g/mol. The highest BCUT2D eigenvalue weighted by atomic mass is 16.1. The molecule has 0 heterocycles. The van der Waals surface area contributed by atoms with Gasteiger partial charge in [-0.3, -0.25) is 4.79 Å². The highest BCUT2D eigenvalue weighted by Crippen LogP contribution is 2.16. The van der Waals surface area contributed by atoms with Crippen molar-refractivity contribution in [1.29, 1.82) is 0 Å². The van der Waals surface area contributed by atoms with Crippen LogP contribution in [0.1, 0.15) is 36.1 Å². The molecule has 1 rings (SSSR count). The molecular weight excluding hydrogens is 224 g/mol. The Morgan fingerprint density at radius 2 is 1.72 bits per heavy atom. The van der Waals surface area contributed by atoms with Gasteiger partial charge < -0.3 is 11.1 Å². The van der Waals surface area contributed by atoms with E-state index in [0.717, 1.165) is 0 Å². The van der Waals surface area contributed by atoms with E-state index in [-0.39, 0.29) is 17.9 Å². The molecule has 0 bridgehead atoms. The minimum atomic E-state index is -0.156. The highest BCUT2D eigenvalue weighted by Gasteiger charge is 2.17. The van der Waals surface area contributed by atoms with Gasteiger partial charge in [0.25, 0.3) is 0 Å². The van der Waals surface area contributed by atoms with Crippen molar-refractivity contribution in [1.82, 2.24) is 5.32 Å². The van der Waals surface area contributed by atoms with E-state index in [0.29, 0.717) is 6.54 Å². The number of hydrogen-bond acceptors (Lipinski definition) is 2. The number of nitrogens with two attached hydrogens (primary N) is 1.